The van der Waals surface area contributed by atoms with E-state index < -0.39 is 0 Å². The van der Waals surface area contributed by atoms with Crippen molar-refractivity contribution < 1.29 is 4.79 Å². The normalized spacial score (nSPS) is 22.0. The van der Waals surface area contributed by atoms with Crippen LogP contribution in [0.3, 0.4) is 0 Å². The van der Waals surface area contributed by atoms with E-state index in [1.165, 1.54) is 24.9 Å². The zero-order chi connectivity index (χ0) is 20.6. The van der Waals surface area contributed by atoms with Crippen LogP contribution >= 0.6 is 11.6 Å². The number of halogens is 1. The van der Waals surface area contributed by atoms with Crippen molar-refractivity contribution in [1.82, 2.24) is 19.6 Å². The lowest BCUT2D eigenvalue weighted by Crippen LogP contribution is -2.46. The Hall–Kier alpha value is -1.14. The number of hydrogen-bond acceptors (Lipinski definition) is 4. The third-order valence-electron chi connectivity index (χ3n) is 6.43. The maximum Gasteiger partial charge on any atom is 0.223 e. The first-order valence-corrected chi connectivity index (χ1v) is 11.5. The SMILES string of the molecule is CN1CCN(CCC(=O)N(C)CC2CCCN(CCc3ccc(Cl)cc3)C2)CC1. The molecule has 1 amide bonds. The van der Waals surface area contributed by atoms with Gasteiger partial charge < -0.3 is 19.6 Å². The van der Waals surface area contributed by atoms with Gasteiger partial charge >= 0.3 is 0 Å². The number of piperidine rings is 1. The molecule has 0 N–H and O–H groups in total. The van der Waals surface area contributed by atoms with Crippen LogP contribution in [-0.4, -0.2) is 98.5 Å². The molecule has 2 aliphatic rings. The molecule has 0 saturated carbocycles. The minimum Gasteiger partial charge on any atom is -0.345 e. The summed E-state index contributed by atoms with van der Waals surface area (Å²) in [5.74, 6) is 0.883. The van der Waals surface area contributed by atoms with Gasteiger partial charge in [0.25, 0.3) is 0 Å². The Morgan fingerprint density at radius 1 is 1.07 bits per heavy atom. The van der Waals surface area contributed by atoms with E-state index in [-0.39, 0.29) is 0 Å². The van der Waals surface area contributed by atoms with Crippen LogP contribution in [0.5, 0.6) is 0 Å². The topological polar surface area (TPSA) is 30.0 Å². The molecule has 29 heavy (non-hydrogen) atoms. The summed E-state index contributed by atoms with van der Waals surface area (Å²) in [6.07, 6.45) is 4.17. The molecule has 0 radical (unpaired) electrons. The Kier molecular flexibility index (Phi) is 8.79. The van der Waals surface area contributed by atoms with E-state index in [0.717, 1.165) is 63.8 Å². The molecule has 5 nitrogen and oxygen atoms in total. The Morgan fingerprint density at radius 3 is 2.52 bits per heavy atom. The number of hydrogen-bond donors (Lipinski definition) is 0. The molecule has 0 aromatic heterocycles. The second-order valence-electron chi connectivity index (χ2n) is 8.85. The van der Waals surface area contributed by atoms with Crippen LogP contribution in [0.1, 0.15) is 24.8 Å². The van der Waals surface area contributed by atoms with E-state index in [0.29, 0.717) is 18.2 Å². The first kappa shape index (κ1) is 22.5. The number of likely N-dealkylation sites (N-methyl/N-ethyl adjacent to an activating group) is 1. The quantitative estimate of drug-likeness (QED) is 0.646. The molecule has 0 bridgehead atoms. The first-order chi connectivity index (χ1) is 14.0. The predicted molar refractivity (Wildman–Crippen MR) is 121 cm³/mol. The molecule has 1 atom stereocenters. The lowest BCUT2D eigenvalue weighted by molar-refractivity contribution is -0.131. The highest BCUT2D eigenvalue weighted by Gasteiger charge is 2.23. The van der Waals surface area contributed by atoms with Crippen LogP contribution in [-0.2, 0) is 11.2 Å². The van der Waals surface area contributed by atoms with Crippen LogP contribution in [0.4, 0.5) is 0 Å². The lowest BCUT2D eigenvalue weighted by atomic mass is 9.97. The van der Waals surface area contributed by atoms with E-state index in [2.05, 4.69) is 33.9 Å². The number of nitrogens with zero attached hydrogens (tertiary/aromatic N) is 4. The van der Waals surface area contributed by atoms with E-state index >= 15 is 0 Å². The standard InChI is InChI=1S/C23H37ClN4O/c1-25-14-16-27(17-15-25)13-10-23(29)26(2)18-21-4-3-11-28(19-21)12-9-20-5-7-22(24)8-6-20/h5-8,21H,3-4,9-19H2,1-2H3. The highest BCUT2D eigenvalue weighted by molar-refractivity contribution is 6.30. The summed E-state index contributed by atoms with van der Waals surface area (Å²) in [5, 5.41) is 0.798. The summed E-state index contributed by atoms with van der Waals surface area (Å²) in [6, 6.07) is 8.18. The van der Waals surface area contributed by atoms with Crippen molar-refractivity contribution in [3.05, 3.63) is 34.9 Å². The summed E-state index contributed by atoms with van der Waals surface area (Å²) >= 11 is 5.98. The Labute approximate surface area is 181 Å². The first-order valence-electron chi connectivity index (χ1n) is 11.1. The smallest absolute Gasteiger partial charge is 0.223 e. The van der Waals surface area contributed by atoms with Crippen molar-refractivity contribution in [2.75, 3.05) is 73.0 Å². The number of carbonyl (C=O) groups is 1. The van der Waals surface area contributed by atoms with E-state index in [4.69, 9.17) is 11.6 Å². The average Bonchev–Trinajstić information content (AvgIpc) is 2.73. The van der Waals surface area contributed by atoms with Crippen molar-refractivity contribution in [3.8, 4) is 0 Å². The van der Waals surface area contributed by atoms with E-state index in [1.54, 1.807) is 0 Å². The highest BCUT2D eigenvalue weighted by atomic mass is 35.5. The number of carbonyl (C=O) groups excluding carboxylic acids is 1. The fourth-order valence-electron chi connectivity index (χ4n) is 4.45. The number of rotatable bonds is 8. The zero-order valence-corrected chi connectivity index (χ0v) is 18.9. The molecule has 1 aromatic rings. The van der Waals surface area contributed by atoms with Crippen LogP contribution < -0.4 is 0 Å². The maximum absolute atomic E-state index is 12.6. The van der Waals surface area contributed by atoms with Crippen molar-refractivity contribution in [2.45, 2.75) is 25.7 Å². The van der Waals surface area contributed by atoms with Gasteiger partial charge in [-0.25, -0.2) is 0 Å². The van der Waals surface area contributed by atoms with Gasteiger partial charge in [-0.15, -0.1) is 0 Å². The van der Waals surface area contributed by atoms with Gasteiger partial charge in [-0.3, -0.25) is 4.79 Å². The molecule has 2 fully saturated rings. The minimum atomic E-state index is 0.294. The fourth-order valence-corrected chi connectivity index (χ4v) is 4.57. The summed E-state index contributed by atoms with van der Waals surface area (Å²) < 4.78 is 0. The van der Waals surface area contributed by atoms with Gasteiger partial charge in [0.05, 0.1) is 0 Å². The lowest BCUT2D eigenvalue weighted by Gasteiger charge is -2.35. The van der Waals surface area contributed by atoms with Gasteiger partial charge in [0.2, 0.25) is 5.91 Å². The number of piperazine rings is 1. The molecule has 0 aliphatic carbocycles. The largest absolute Gasteiger partial charge is 0.345 e. The highest BCUT2D eigenvalue weighted by Crippen LogP contribution is 2.19. The zero-order valence-electron chi connectivity index (χ0n) is 18.2. The number of benzene rings is 1. The van der Waals surface area contributed by atoms with Gasteiger partial charge in [-0.1, -0.05) is 23.7 Å². The van der Waals surface area contributed by atoms with Crippen LogP contribution in [0.25, 0.3) is 0 Å². The monoisotopic (exact) mass is 420 g/mol. The molecule has 2 heterocycles. The van der Waals surface area contributed by atoms with Crippen LogP contribution in [0, 0.1) is 5.92 Å². The summed E-state index contributed by atoms with van der Waals surface area (Å²) in [5.41, 5.74) is 1.34. The fraction of sp³-hybridized carbons (Fsp3) is 0.696. The van der Waals surface area contributed by atoms with Crippen molar-refractivity contribution in [2.24, 2.45) is 5.92 Å². The molecular formula is C23H37ClN4O. The molecule has 2 saturated heterocycles. The molecule has 0 spiro atoms. The van der Waals surface area contributed by atoms with E-state index in [1.807, 2.05) is 24.1 Å². The van der Waals surface area contributed by atoms with Crippen molar-refractivity contribution in [1.29, 1.82) is 0 Å². The number of amides is 1. The summed E-state index contributed by atoms with van der Waals surface area (Å²) in [7, 11) is 4.15. The van der Waals surface area contributed by atoms with Crippen molar-refractivity contribution >= 4 is 17.5 Å². The minimum absolute atomic E-state index is 0.294. The summed E-state index contributed by atoms with van der Waals surface area (Å²) in [6.45, 7) is 9.52. The molecule has 1 aromatic carbocycles. The molecular weight excluding hydrogens is 384 g/mol. The molecule has 3 rings (SSSR count). The van der Waals surface area contributed by atoms with Crippen LogP contribution in [0.2, 0.25) is 5.02 Å². The second-order valence-corrected chi connectivity index (χ2v) is 9.29. The number of likely N-dealkylation sites (tertiary alicyclic amines) is 1. The van der Waals surface area contributed by atoms with Crippen molar-refractivity contribution in [3.63, 3.8) is 0 Å². The van der Waals surface area contributed by atoms with Gasteiger partial charge in [-0.2, -0.15) is 0 Å². The summed E-state index contributed by atoms with van der Waals surface area (Å²) in [4.78, 5) is 21.9. The Bertz CT molecular complexity index is 630. The Balaban J connectivity index is 1.36. The Morgan fingerprint density at radius 2 is 1.79 bits per heavy atom. The molecule has 1 unspecified atom stereocenters. The molecule has 2 aliphatic heterocycles. The average molecular weight is 421 g/mol. The van der Waals surface area contributed by atoms with Crippen LogP contribution in [0.15, 0.2) is 24.3 Å². The third kappa shape index (κ3) is 7.56. The predicted octanol–water partition coefficient (Wildman–Crippen LogP) is 2.69. The van der Waals surface area contributed by atoms with Gasteiger partial charge in [0.1, 0.15) is 0 Å². The van der Waals surface area contributed by atoms with E-state index in [9.17, 15) is 4.79 Å². The van der Waals surface area contributed by atoms with Gasteiger partial charge in [-0.05, 0) is 56.5 Å². The third-order valence-corrected chi connectivity index (χ3v) is 6.68. The van der Waals surface area contributed by atoms with Gasteiger partial charge in [0.15, 0.2) is 0 Å². The molecule has 162 valence electrons. The maximum atomic E-state index is 12.6. The second kappa shape index (κ2) is 11.3. The van der Waals surface area contributed by atoms with Gasteiger partial charge in [0, 0.05) is 70.8 Å². The molecule has 6 heteroatoms.